The Morgan fingerprint density at radius 1 is 1.14 bits per heavy atom. The first-order chi connectivity index (χ1) is 12.8. The number of hydrogen-bond acceptors (Lipinski definition) is 3. The molecule has 28 heavy (non-hydrogen) atoms. The van der Waals surface area contributed by atoms with E-state index in [4.69, 9.17) is 0 Å². The third kappa shape index (κ3) is 5.30. The highest BCUT2D eigenvalue weighted by Gasteiger charge is 2.61. The van der Waals surface area contributed by atoms with Gasteiger partial charge in [0.15, 0.2) is 4.80 Å². The predicted octanol–water partition coefficient (Wildman–Crippen LogP) is 4.62. The zero-order valence-electron chi connectivity index (χ0n) is 13.7. The van der Waals surface area contributed by atoms with Gasteiger partial charge < -0.3 is 4.74 Å². The van der Waals surface area contributed by atoms with E-state index in [2.05, 4.69) is 9.73 Å². The molecule has 0 spiro atoms. The number of halogens is 8. The minimum absolute atomic E-state index is 0.0459. The van der Waals surface area contributed by atoms with Crippen molar-refractivity contribution >= 4 is 17.2 Å². The van der Waals surface area contributed by atoms with Crippen molar-refractivity contribution in [2.24, 2.45) is 10.9 Å². The van der Waals surface area contributed by atoms with Gasteiger partial charge in [0.05, 0.1) is 5.69 Å². The maximum atomic E-state index is 12.7. The maximum Gasteiger partial charge on any atom is 0.409 e. The number of alkyl halides is 8. The Bertz CT molecular complexity index is 900. The quantitative estimate of drug-likeness (QED) is 0.660. The molecular weight excluding hydrogens is 424 g/mol. The Morgan fingerprint density at radius 2 is 1.75 bits per heavy atom. The summed E-state index contributed by atoms with van der Waals surface area (Å²) in [7, 11) is 0. The summed E-state index contributed by atoms with van der Waals surface area (Å²) in [5.41, 5.74) is 0.0459. The number of carbonyl (C=O) groups excluding carboxylic acids is 1. The van der Waals surface area contributed by atoms with Crippen molar-refractivity contribution in [2.75, 3.05) is 0 Å². The number of hydrogen-bond donors (Lipinski definition) is 0. The third-order valence-corrected chi connectivity index (χ3v) is 4.10. The van der Waals surface area contributed by atoms with Gasteiger partial charge in [-0.05, 0) is 19.1 Å². The molecule has 0 N–H and O–H groups in total. The summed E-state index contributed by atoms with van der Waals surface area (Å²) in [6.45, 7) is -1.68. The number of ether oxygens (including phenoxy) is 1. The number of carbonyl (C=O) groups is 1. The number of aryl methyl sites for hydroxylation is 1. The first-order valence-corrected chi connectivity index (χ1v) is 8.07. The second-order valence-electron chi connectivity index (χ2n) is 5.34. The van der Waals surface area contributed by atoms with Crippen molar-refractivity contribution in [1.82, 2.24) is 4.57 Å². The Balaban J connectivity index is 2.53. The molecule has 0 aliphatic heterocycles. The first-order valence-electron chi connectivity index (χ1n) is 7.25. The van der Waals surface area contributed by atoms with Crippen LogP contribution in [0.4, 0.5) is 35.1 Å². The lowest BCUT2D eigenvalue weighted by atomic mass is 10.1. The van der Waals surface area contributed by atoms with Crippen LogP contribution in [-0.2, 0) is 4.79 Å². The average Bonchev–Trinajstić information content (AvgIpc) is 2.84. The summed E-state index contributed by atoms with van der Waals surface area (Å²) in [5.74, 6) is -7.01. The van der Waals surface area contributed by atoms with Gasteiger partial charge in [-0.1, -0.05) is 6.07 Å². The van der Waals surface area contributed by atoms with Crippen LogP contribution in [0.15, 0.2) is 35.5 Å². The van der Waals surface area contributed by atoms with E-state index in [0.717, 1.165) is 10.6 Å². The lowest BCUT2D eigenvalue weighted by Gasteiger charge is -2.19. The zero-order chi connectivity index (χ0) is 21.3. The summed E-state index contributed by atoms with van der Waals surface area (Å²) in [4.78, 5) is 14.6. The summed E-state index contributed by atoms with van der Waals surface area (Å²) in [6, 6.07) is 4.82. The van der Waals surface area contributed by atoms with E-state index in [1.165, 1.54) is 31.3 Å². The van der Waals surface area contributed by atoms with E-state index in [0.29, 0.717) is 16.2 Å². The van der Waals surface area contributed by atoms with Gasteiger partial charge in [0.1, 0.15) is 5.75 Å². The molecule has 154 valence electrons. The van der Waals surface area contributed by atoms with Crippen molar-refractivity contribution in [2.45, 2.75) is 25.9 Å². The van der Waals surface area contributed by atoms with E-state index in [-0.39, 0.29) is 11.4 Å². The van der Waals surface area contributed by atoms with Crippen molar-refractivity contribution < 1.29 is 44.7 Å². The van der Waals surface area contributed by atoms with Crippen molar-refractivity contribution in [3.8, 4) is 11.4 Å². The van der Waals surface area contributed by atoms with E-state index < -0.39 is 35.6 Å². The van der Waals surface area contributed by atoms with Crippen LogP contribution in [0.1, 0.15) is 4.88 Å². The molecule has 0 saturated heterocycles. The second-order valence-corrected chi connectivity index (χ2v) is 6.55. The normalized spacial score (nSPS) is 13.5. The Kier molecular flexibility index (Phi) is 6.16. The van der Waals surface area contributed by atoms with E-state index in [1.54, 1.807) is 0 Å². The number of amides is 1. The fraction of sp³-hybridized carbons (Fsp3) is 0.333. The van der Waals surface area contributed by atoms with E-state index >= 15 is 0 Å². The van der Waals surface area contributed by atoms with Crippen LogP contribution < -0.4 is 9.54 Å². The first kappa shape index (κ1) is 21.9. The number of thiazole rings is 1. The van der Waals surface area contributed by atoms with Crippen molar-refractivity contribution in [1.29, 1.82) is 0 Å². The second kappa shape index (κ2) is 7.89. The fourth-order valence-electron chi connectivity index (χ4n) is 2.15. The molecule has 4 nitrogen and oxygen atoms in total. The molecule has 2 aromatic rings. The lowest BCUT2D eigenvalue weighted by molar-refractivity contribution is -0.273. The Morgan fingerprint density at radius 3 is 2.29 bits per heavy atom. The molecule has 2 rings (SSSR count). The van der Waals surface area contributed by atoms with Crippen LogP contribution in [0.3, 0.4) is 0 Å². The highest BCUT2D eigenvalue weighted by Crippen LogP contribution is 2.39. The minimum atomic E-state index is -5.87. The van der Waals surface area contributed by atoms with Crippen LogP contribution in [0.2, 0.25) is 0 Å². The number of nitrogens with zero attached hydrogens (tertiary/aromatic N) is 2. The fourth-order valence-corrected chi connectivity index (χ4v) is 2.99. The molecule has 0 saturated carbocycles. The maximum absolute atomic E-state index is 12.7. The highest BCUT2D eigenvalue weighted by atomic mass is 32.1. The van der Waals surface area contributed by atoms with E-state index in [9.17, 15) is 39.9 Å². The molecule has 0 fully saturated rings. The molecular formula is C15H10F8N2O2S. The van der Waals surface area contributed by atoms with Crippen LogP contribution in [0.25, 0.3) is 5.69 Å². The molecule has 1 amide bonds. The van der Waals surface area contributed by atoms with Gasteiger partial charge in [-0.3, -0.25) is 9.36 Å². The summed E-state index contributed by atoms with van der Waals surface area (Å²) in [5, 5.41) is 0. The van der Waals surface area contributed by atoms with Crippen LogP contribution >= 0.6 is 11.3 Å². The van der Waals surface area contributed by atoms with Gasteiger partial charge in [0.25, 0.3) is 5.91 Å². The number of rotatable bonds is 4. The molecule has 0 radical (unpaired) electrons. The average molecular weight is 434 g/mol. The van der Waals surface area contributed by atoms with Gasteiger partial charge in [-0.2, -0.15) is 40.1 Å². The van der Waals surface area contributed by atoms with Crippen LogP contribution in [-0.4, -0.2) is 29.4 Å². The third-order valence-electron chi connectivity index (χ3n) is 3.20. The SMILES string of the molecule is Cc1cn(-c2cccc(OC(F)F)c2)c(=NC(=O)C(C(F)(F)F)C(F)(F)F)s1. The molecule has 1 heterocycles. The van der Waals surface area contributed by atoms with Crippen LogP contribution in [0.5, 0.6) is 5.75 Å². The van der Waals surface area contributed by atoms with Crippen LogP contribution in [0, 0.1) is 12.8 Å². The van der Waals surface area contributed by atoms with Gasteiger partial charge in [0, 0.05) is 17.1 Å². The van der Waals surface area contributed by atoms with Gasteiger partial charge in [-0.15, -0.1) is 11.3 Å². The molecule has 13 heteroatoms. The summed E-state index contributed by atoms with van der Waals surface area (Å²) < 4.78 is 106. The summed E-state index contributed by atoms with van der Waals surface area (Å²) >= 11 is 0.648. The monoisotopic (exact) mass is 434 g/mol. The van der Waals surface area contributed by atoms with Gasteiger partial charge in [0.2, 0.25) is 5.92 Å². The Labute approximate surface area is 155 Å². The minimum Gasteiger partial charge on any atom is -0.435 e. The largest absolute Gasteiger partial charge is 0.435 e. The molecule has 1 aromatic heterocycles. The topological polar surface area (TPSA) is 43.6 Å². The zero-order valence-corrected chi connectivity index (χ0v) is 14.5. The number of aromatic nitrogens is 1. The molecule has 0 bridgehead atoms. The predicted molar refractivity (Wildman–Crippen MR) is 81.2 cm³/mol. The summed E-state index contributed by atoms with van der Waals surface area (Å²) in [6.07, 6.45) is -10.5. The molecule has 1 aromatic carbocycles. The van der Waals surface area contributed by atoms with E-state index in [1.807, 2.05) is 0 Å². The number of benzene rings is 1. The Hall–Kier alpha value is -2.44. The standard InChI is InChI=1S/C15H10F8N2O2S/c1-7-6-25(8-3-2-4-9(5-8)27-12(16)17)13(28-7)24-11(26)10(14(18,19)20)15(21,22)23/h2-6,10,12H,1H3. The smallest absolute Gasteiger partial charge is 0.409 e. The molecule has 0 unspecified atom stereocenters. The van der Waals surface area contributed by atoms with Gasteiger partial charge >= 0.3 is 19.0 Å². The molecule has 0 aliphatic carbocycles. The highest BCUT2D eigenvalue weighted by molar-refractivity contribution is 7.09. The molecule has 0 aliphatic rings. The molecule has 0 atom stereocenters. The van der Waals surface area contributed by atoms with Crippen molar-refractivity contribution in [3.05, 3.63) is 40.1 Å². The lowest BCUT2D eigenvalue weighted by Crippen LogP contribution is -2.42. The van der Waals surface area contributed by atoms with Crippen molar-refractivity contribution in [3.63, 3.8) is 0 Å². The van der Waals surface area contributed by atoms with Gasteiger partial charge in [-0.25, -0.2) is 0 Å².